The molecule has 0 aromatic heterocycles. The van der Waals surface area contributed by atoms with Gasteiger partial charge in [-0.25, -0.2) is 16.8 Å². The van der Waals surface area contributed by atoms with Crippen molar-refractivity contribution < 1.29 is 16.8 Å². The minimum atomic E-state index is -3.90. The number of sulfonamides is 1. The van der Waals surface area contributed by atoms with Crippen molar-refractivity contribution >= 4 is 31.2 Å². The van der Waals surface area contributed by atoms with Gasteiger partial charge in [0.05, 0.1) is 11.4 Å². The zero-order valence-electron chi connectivity index (χ0n) is 10.5. The fourth-order valence-electron chi connectivity index (χ4n) is 2.07. The van der Waals surface area contributed by atoms with E-state index in [0.29, 0.717) is 5.69 Å². The maximum Gasteiger partial charge on any atom is 0.247 e. The summed E-state index contributed by atoms with van der Waals surface area (Å²) in [4.78, 5) is 0. The van der Waals surface area contributed by atoms with E-state index in [4.69, 9.17) is 0 Å². The van der Waals surface area contributed by atoms with E-state index in [0.717, 1.165) is 36.9 Å². The van der Waals surface area contributed by atoms with E-state index in [9.17, 15) is 16.8 Å². The van der Waals surface area contributed by atoms with Crippen molar-refractivity contribution in [2.24, 2.45) is 0 Å². The molecule has 0 saturated carbocycles. The Morgan fingerprint density at radius 2 is 2.00 bits per heavy atom. The van der Waals surface area contributed by atoms with E-state index >= 15 is 0 Å². The first kappa shape index (κ1) is 14.1. The molecule has 1 aliphatic rings. The zero-order chi connectivity index (χ0) is 14.1. The predicted molar refractivity (Wildman–Crippen MR) is 75.5 cm³/mol. The standard InChI is InChI=1S/C11H16N2O4S2/c1-18(14,15)8-19(16,17)13-10-6-2-4-9-5-3-7-12-11(9)10/h2,4,6,12-13H,3,5,7-8H2,1H3. The molecule has 2 N–H and O–H groups in total. The summed E-state index contributed by atoms with van der Waals surface area (Å²) in [6, 6.07) is 5.30. The van der Waals surface area contributed by atoms with Gasteiger partial charge >= 0.3 is 0 Å². The van der Waals surface area contributed by atoms with Gasteiger partial charge in [0.1, 0.15) is 0 Å². The molecule has 0 fully saturated rings. The lowest BCUT2D eigenvalue weighted by Crippen LogP contribution is -2.23. The van der Waals surface area contributed by atoms with Crippen LogP contribution in [0, 0.1) is 0 Å². The van der Waals surface area contributed by atoms with E-state index < -0.39 is 24.9 Å². The van der Waals surface area contributed by atoms with Gasteiger partial charge in [-0.05, 0) is 24.5 Å². The van der Waals surface area contributed by atoms with Gasteiger partial charge in [-0.2, -0.15) is 0 Å². The van der Waals surface area contributed by atoms with Crippen molar-refractivity contribution in [2.75, 3.05) is 27.9 Å². The van der Waals surface area contributed by atoms with Gasteiger partial charge in [0, 0.05) is 12.8 Å². The van der Waals surface area contributed by atoms with Crippen LogP contribution in [0.1, 0.15) is 12.0 Å². The minimum Gasteiger partial charge on any atom is -0.383 e. The molecule has 19 heavy (non-hydrogen) atoms. The summed E-state index contributed by atoms with van der Waals surface area (Å²) in [6.07, 6.45) is 2.77. The highest BCUT2D eigenvalue weighted by molar-refractivity contribution is 8.08. The second-order valence-electron chi connectivity index (χ2n) is 4.63. The second-order valence-corrected chi connectivity index (χ2v) is 8.86. The maximum atomic E-state index is 11.8. The van der Waals surface area contributed by atoms with Crippen LogP contribution in [0.4, 0.5) is 11.4 Å². The Morgan fingerprint density at radius 1 is 1.26 bits per heavy atom. The lowest BCUT2D eigenvalue weighted by Gasteiger charge is -2.21. The highest BCUT2D eigenvalue weighted by Crippen LogP contribution is 2.30. The van der Waals surface area contributed by atoms with Gasteiger partial charge in [-0.15, -0.1) is 0 Å². The third kappa shape index (κ3) is 3.84. The van der Waals surface area contributed by atoms with Crippen LogP contribution in [0.5, 0.6) is 0 Å². The summed E-state index contributed by atoms with van der Waals surface area (Å²) < 4.78 is 48.1. The molecule has 0 saturated heterocycles. The van der Waals surface area contributed by atoms with Crippen LogP contribution < -0.4 is 10.0 Å². The lowest BCUT2D eigenvalue weighted by molar-refractivity contribution is 0.595. The molecule has 0 amide bonds. The Labute approximate surface area is 113 Å². The zero-order valence-corrected chi connectivity index (χ0v) is 12.1. The fourth-order valence-corrected chi connectivity index (χ4v) is 5.07. The molecule has 8 heteroatoms. The Hall–Kier alpha value is -1.28. The SMILES string of the molecule is CS(=O)(=O)CS(=O)(=O)Nc1cccc2c1NCCC2. The minimum absolute atomic E-state index is 0.404. The molecule has 106 valence electrons. The van der Waals surface area contributed by atoms with Crippen molar-refractivity contribution in [2.45, 2.75) is 12.8 Å². The molecule has 6 nitrogen and oxygen atoms in total. The molecule has 0 aliphatic carbocycles. The number of nitrogens with one attached hydrogen (secondary N) is 2. The largest absolute Gasteiger partial charge is 0.383 e. The monoisotopic (exact) mass is 304 g/mol. The van der Waals surface area contributed by atoms with Crippen LogP contribution >= 0.6 is 0 Å². The number of fused-ring (bicyclic) bond motifs is 1. The molecule has 0 radical (unpaired) electrons. The third-order valence-electron chi connectivity index (χ3n) is 2.71. The average molecular weight is 304 g/mol. The first-order valence-electron chi connectivity index (χ1n) is 5.81. The fraction of sp³-hybridized carbons (Fsp3) is 0.455. The molecule has 1 aromatic rings. The van der Waals surface area contributed by atoms with Gasteiger partial charge in [-0.1, -0.05) is 12.1 Å². The molecule has 0 bridgehead atoms. The summed E-state index contributed by atoms with van der Waals surface area (Å²) in [5.41, 5.74) is 2.18. The molecule has 0 unspecified atom stereocenters. The van der Waals surface area contributed by atoms with E-state index in [-0.39, 0.29) is 0 Å². The van der Waals surface area contributed by atoms with Gasteiger partial charge in [0.2, 0.25) is 10.0 Å². The summed E-state index contributed by atoms with van der Waals surface area (Å²) in [7, 11) is -7.50. The molecule has 1 aromatic carbocycles. The van der Waals surface area contributed by atoms with Crippen molar-refractivity contribution in [3.63, 3.8) is 0 Å². The van der Waals surface area contributed by atoms with Crippen molar-refractivity contribution in [3.8, 4) is 0 Å². The predicted octanol–water partition coefficient (Wildman–Crippen LogP) is 0.788. The number of hydrogen-bond donors (Lipinski definition) is 2. The van der Waals surface area contributed by atoms with Gasteiger partial charge < -0.3 is 5.32 Å². The van der Waals surface area contributed by atoms with Crippen LogP contribution in [-0.2, 0) is 26.3 Å². The Bertz CT molecular complexity index is 681. The number of benzene rings is 1. The number of anilines is 2. The van der Waals surface area contributed by atoms with Gasteiger partial charge in [-0.3, -0.25) is 4.72 Å². The molecule has 0 spiro atoms. The quantitative estimate of drug-likeness (QED) is 0.858. The number of sulfone groups is 1. The normalized spacial score (nSPS) is 15.4. The van der Waals surface area contributed by atoms with E-state index in [1.807, 2.05) is 6.07 Å². The maximum absolute atomic E-state index is 11.8. The summed E-state index contributed by atoms with van der Waals surface area (Å²) in [6.45, 7) is 0.776. The summed E-state index contributed by atoms with van der Waals surface area (Å²) >= 11 is 0. The van der Waals surface area contributed by atoms with Crippen LogP contribution in [0.2, 0.25) is 0 Å². The van der Waals surface area contributed by atoms with Crippen LogP contribution in [0.15, 0.2) is 18.2 Å². The lowest BCUT2D eigenvalue weighted by atomic mass is 10.0. The number of para-hydroxylation sites is 1. The number of rotatable bonds is 4. The Morgan fingerprint density at radius 3 is 2.68 bits per heavy atom. The van der Waals surface area contributed by atoms with E-state index in [2.05, 4.69) is 10.0 Å². The Balaban J connectivity index is 2.29. The van der Waals surface area contributed by atoms with Gasteiger partial charge in [0.25, 0.3) is 0 Å². The van der Waals surface area contributed by atoms with Crippen molar-refractivity contribution in [1.82, 2.24) is 0 Å². The molecule has 1 heterocycles. The second kappa shape index (κ2) is 5.01. The van der Waals surface area contributed by atoms with E-state index in [1.54, 1.807) is 12.1 Å². The molecule has 1 aliphatic heterocycles. The summed E-state index contributed by atoms with van der Waals surface area (Å²) in [5.74, 6) is 0. The smallest absolute Gasteiger partial charge is 0.247 e. The number of aryl methyl sites for hydroxylation is 1. The molecule has 0 atom stereocenters. The van der Waals surface area contributed by atoms with Gasteiger partial charge in [0.15, 0.2) is 14.9 Å². The first-order valence-corrected chi connectivity index (χ1v) is 9.52. The van der Waals surface area contributed by atoms with Crippen LogP contribution in [-0.4, -0.2) is 34.7 Å². The molecule has 2 rings (SSSR count). The average Bonchev–Trinajstić information content (AvgIpc) is 2.25. The highest BCUT2D eigenvalue weighted by atomic mass is 32.3. The third-order valence-corrected chi connectivity index (χ3v) is 6.19. The highest BCUT2D eigenvalue weighted by Gasteiger charge is 2.21. The number of hydrogen-bond acceptors (Lipinski definition) is 5. The molecular weight excluding hydrogens is 288 g/mol. The van der Waals surface area contributed by atoms with Crippen LogP contribution in [0.3, 0.4) is 0 Å². The summed E-state index contributed by atoms with van der Waals surface area (Å²) in [5, 5.41) is 2.23. The topological polar surface area (TPSA) is 92.3 Å². The molecular formula is C11H16N2O4S2. The van der Waals surface area contributed by atoms with E-state index in [1.165, 1.54) is 0 Å². The van der Waals surface area contributed by atoms with Crippen LogP contribution in [0.25, 0.3) is 0 Å². The first-order chi connectivity index (χ1) is 8.77. The Kier molecular flexibility index (Phi) is 3.73. The van der Waals surface area contributed by atoms with Crippen molar-refractivity contribution in [3.05, 3.63) is 23.8 Å². The van der Waals surface area contributed by atoms with Crippen molar-refractivity contribution in [1.29, 1.82) is 0 Å².